The number of rotatable bonds is 1. The summed E-state index contributed by atoms with van der Waals surface area (Å²) in [6, 6.07) is 22.2. The van der Waals surface area contributed by atoms with E-state index in [9.17, 15) is 0 Å². The van der Waals surface area contributed by atoms with Gasteiger partial charge in [0.25, 0.3) is 0 Å². The van der Waals surface area contributed by atoms with Gasteiger partial charge in [0.05, 0.1) is 17.1 Å². The van der Waals surface area contributed by atoms with Crippen LogP contribution in [-0.4, -0.2) is 9.97 Å². The molecule has 5 heterocycles. The molecule has 0 bridgehead atoms. The highest BCUT2D eigenvalue weighted by atomic mass is 16.4. The van der Waals surface area contributed by atoms with Crippen molar-refractivity contribution in [3.05, 3.63) is 100 Å². The molecule has 4 heteroatoms. The summed E-state index contributed by atoms with van der Waals surface area (Å²) in [5.74, 6) is 0.623. The molecule has 0 aliphatic carbocycles. The van der Waals surface area contributed by atoms with Gasteiger partial charge >= 0.3 is 0 Å². The summed E-state index contributed by atoms with van der Waals surface area (Å²) >= 11 is 0. The van der Waals surface area contributed by atoms with Gasteiger partial charge in [-0.2, -0.15) is 0 Å². The van der Waals surface area contributed by atoms with Crippen LogP contribution in [0.5, 0.6) is 0 Å². The van der Waals surface area contributed by atoms with Gasteiger partial charge in [0, 0.05) is 28.0 Å². The highest BCUT2D eigenvalue weighted by molar-refractivity contribution is 5.99. The number of benzene rings is 3. The van der Waals surface area contributed by atoms with Gasteiger partial charge in [-0.05, 0) is 57.6 Å². The van der Waals surface area contributed by atoms with Crippen LogP contribution >= 0.6 is 0 Å². The van der Waals surface area contributed by atoms with Crippen LogP contribution in [0.1, 0.15) is 74.9 Å². The molecule has 5 aromatic rings. The van der Waals surface area contributed by atoms with Crippen molar-refractivity contribution in [1.29, 1.82) is 0 Å². The molecule has 4 nitrogen and oxygen atoms in total. The molecule has 3 aromatic carbocycles. The summed E-state index contributed by atoms with van der Waals surface area (Å²) in [4.78, 5) is 11.8. The molecule has 182 valence electrons. The summed E-state index contributed by atoms with van der Waals surface area (Å²) in [5, 5.41) is 0. The number of fused-ring (bicyclic) bond motifs is 1. The average Bonchev–Trinajstić information content (AvgIpc) is 3.31. The van der Waals surface area contributed by atoms with Crippen molar-refractivity contribution < 1.29 is 4.42 Å². The van der Waals surface area contributed by atoms with Gasteiger partial charge in [-0.25, -0.2) is 9.97 Å². The van der Waals surface area contributed by atoms with Crippen LogP contribution in [0.4, 0.5) is 17.1 Å². The molecule has 0 saturated carbocycles. The predicted octanol–water partition coefficient (Wildman–Crippen LogP) is 8.28. The minimum absolute atomic E-state index is 0.0838. The number of nitrogens with zero attached hydrogens (tertiary/aromatic N) is 3. The molecule has 3 aliphatic heterocycles. The highest BCUT2D eigenvalue weighted by Crippen LogP contribution is 2.66. The fourth-order valence-electron chi connectivity index (χ4n) is 7.20. The standard InChI is InChI=1S/C33H29N3O/c1-31(2)19-10-7-12-21-26(19)36-27-20(31)11-8-13-22(27)33(5,6)24-17-18(16-23(28(24)36)32(21,3)4)29-35-25-14-9-15-34-30(25)37-29/h7-17H,1-6H3. The van der Waals surface area contributed by atoms with Crippen LogP contribution in [0.15, 0.2) is 71.3 Å². The van der Waals surface area contributed by atoms with Crippen molar-refractivity contribution in [2.75, 3.05) is 4.90 Å². The van der Waals surface area contributed by atoms with Crippen LogP contribution < -0.4 is 4.90 Å². The van der Waals surface area contributed by atoms with Gasteiger partial charge in [0.1, 0.15) is 5.52 Å². The third-order valence-electron chi connectivity index (χ3n) is 9.31. The Morgan fingerprint density at radius 1 is 0.622 bits per heavy atom. The number of para-hydroxylation sites is 2. The number of aromatic nitrogens is 2. The van der Waals surface area contributed by atoms with Gasteiger partial charge in [-0.15, -0.1) is 0 Å². The maximum Gasteiger partial charge on any atom is 0.247 e. The average molecular weight is 484 g/mol. The van der Waals surface area contributed by atoms with E-state index < -0.39 is 0 Å². The van der Waals surface area contributed by atoms with Crippen LogP contribution in [-0.2, 0) is 16.2 Å². The lowest BCUT2D eigenvalue weighted by Gasteiger charge is -2.55. The van der Waals surface area contributed by atoms with E-state index in [-0.39, 0.29) is 16.2 Å². The second-order valence-corrected chi connectivity index (χ2v) is 12.4. The minimum Gasteiger partial charge on any atom is -0.418 e. The SMILES string of the molecule is CC1(C)c2cccc3c2N2c4c1cccc4C(C)(C)c1cc(-c4nc5cccnc5o4)cc(c12)C3(C)C. The lowest BCUT2D eigenvalue weighted by molar-refractivity contribution is 0.565. The zero-order chi connectivity index (χ0) is 25.5. The lowest BCUT2D eigenvalue weighted by atomic mass is 9.60. The molecule has 2 aromatic heterocycles. The third kappa shape index (κ3) is 2.35. The molecule has 3 aliphatic rings. The van der Waals surface area contributed by atoms with Gasteiger partial charge < -0.3 is 9.32 Å². The fraction of sp³-hybridized carbons (Fsp3) is 0.273. The zero-order valence-electron chi connectivity index (χ0n) is 22.1. The maximum absolute atomic E-state index is 6.18. The molecule has 0 spiro atoms. The molecule has 0 radical (unpaired) electrons. The van der Waals surface area contributed by atoms with Crippen molar-refractivity contribution in [1.82, 2.24) is 9.97 Å². The van der Waals surface area contributed by atoms with Crippen molar-refractivity contribution >= 4 is 28.3 Å². The Balaban J connectivity index is 1.53. The van der Waals surface area contributed by atoms with E-state index in [1.807, 2.05) is 12.1 Å². The van der Waals surface area contributed by atoms with Gasteiger partial charge in [0.2, 0.25) is 11.6 Å². The molecule has 8 rings (SSSR count). The molecule has 0 amide bonds. The molecule has 0 N–H and O–H groups in total. The smallest absolute Gasteiger partial charge is 0.247 e. The van der Waals surface area contributed by atoms with Crippen LogP contribution in [0.3, 0.4) is 0 Å². The molecule has 0 atom stereocenters. The van der Waals surface area contributed by atoms with E-state index in [4.69, 9.17) is 9.40 Å². The van der Waals surface area contributed by atoms with Crippen molar-refractivity contribution in [3.63, 3.8) is 0 Å². The predicted molar refractivity (Wildman–Crippen MR) is 148 cm³/mol. The van der Waals surface area contributed by atoms with Crippen LogP contribution in [0.25, 0.3) is 22.7 Å². The second-order valence-electron chi connectivity index (χ2n) is 12.4. The van der Waals surface area contributed by atoms with E-state index >= 15 is 0 Å². The first-order chi connectivity index (χ1) is 17.6. The first-order valence-corrected chi connectivity index (χ1v) is 13.1. The summed E-state index contributed by atoms with van der Waals surface area (Å²) in [6.45, 7) is 14.2. The largest absolute Gasteiger partial charge is 0.418 e. The molecular formula is C33H29N3O. The van der Waals surface area contributed by atoms with Crippen molar-refractivity contribution in [3.8, 4) is 11.5 Å². The number of anilines is 3. The molecular weight excluding hydrogens is 454 g/mol. The number of hydrogen-bond acceptors (Lipinski definition) is 4. The van der Waals surface area contributed by atoms with E-state index in [0.717, 1.165) is 11.1 Å². The Kier molecular flexibility index (Phi) is 3.61. The summed E-state index contributed by atoms with van der Waals surface area (Å²) < 4.78 is 6.18. The maximum atomic E-state index is 6.18. The molecule has 37 heavy (non-hydrogen) atoms. The molecule has 0 saturated heterocycles. The van der Waals surface area contributed by atoms with E-state index in [1.165, 1.54) is 50.4 Å². The van der Waals surface area contributed by atoms with E-state index in [1.54, 1.807) is 6.20 Å². The van der Waals surface area contributed by atoms with E-state index in [2.05, 4.69) is 100.0 Å². The Morgan fingerprint density at radius 3 is 1.62 bits per heavy atom. The fourth-order valence-corrected chi connectivity index (χ4v) is 7.20. The normalized spacial score (nSPS) is 18.6. The van der Waals surface area contributed by atoms with Gasteiger partial charge in [0.15, 0.2) is 0 Å². The van der Waals surface area contributed by atoms with Crippen molar-refractivity contribution in [2.24, 2.45) is 0 Å². The first-order valence-electron chi connectivity index (χ1n) is 13.1. The van der Waals surface area contributed by atoms with Crippen LogP contribution in [0, 0.1) is 0 Å². The molecule has 0 unspecified atom stereocenters. The molecule has 0 fully saturated rings. The Bertz CT molecular complexity index is 1700. The lowest BCUT2D eigenvalue weighted by Crippen LogP contribution is -2.43. The first kappa shape index (κ1) is 21.2. The Labute approximate surface area is 217 Å². The number of hydrogen-bond donors (Lipinski definition) is 0. The zero-order valence-corrected chi connectivity index (χ0v) is 22.1. The minimum atomic E-state index is -0.192. The topological polar surface area (TPSA) is 42.2 Å². The second kappa shape index (κ2) is 6.31. The summed E-state index contributed by atoms with van der Waals surface area (Å²) in [7, 11) is 0. The van der Waals surface area contributed by atoms with Gasteiger partial charge in [-0.1, -0.05) is 77.9 Å². The monoisotopic (exact) mass is 483 g/mol. The Morgan fingerprint density at radius 2 is 1.11 bits per heavy atom. The highest BCUT2D eigenvalue weighted by Gasteiger charge is 2.51. The summed E-state index contributed by atoms with van der Waals surface area (Å²) in [6.07, 6.45) is 1.75. The van der Waals surface area contributed by atoms with Crippen LogP contribution in [0.2, 0.25) is 0 Å². The van der Waals surface area contributed by atoms with E-state index in [0.29, 0.717) is 11.6 Å². The summed E-state index contributed by atoms with van der Waals surface area (Å²) in [5.41, 5.74) is 14.1. The third-order valence-corrected chi connectivity index (χ3v) is 9.31. The number of oxazole rings is 1. The quantitative estimate of drug-likeness (QED) is 0.241. The van der Waals surface area contributed by atoms with Gasteiger partial charge in [-0.3, -0.25) is 0 Å². The van der Waals surface area contributed by atoms with Crippen molar-refractivity contribution in [2.45, 2.75) is 57.8 Å². The number of pyridine rings is 1. The Hall–Kier alpha value is -3.92.